The average Bonchev–Trinajstić information content (AvgIpc) is 2.99. The Bertz CT molecular complexity index is 1170. The van der Waals surface area contributed by atoms with Crippen molar-refractivity contribution in [2.45, 2.75) is 44.6 Å². The van der Waals surface area contributed by atoms with Crippen LogP contribution in [0, 0.1) is 5.82 Å². The van der Waals surface area contributed by atoms with E-state index in [0.717, 1.165) is 49.5 Å². The second-order valence-electron chi connectivity index (χ2n) is 10.8. The molecule has 1 unspecified atom stereocenters. The number of ether oxygens (including phenoxy) is 1. The molecule has 2 N–H and O–H groups in total. The molecule has 7 nitrogen and oxygen atoms in total. The predicted molar refractivity (Wildman–Crippen MR) is 162 cm³/mol. The van der Waals surface area contributed by atoms with Gasteiger partial charge in [0.1, 0.15) is 11.6 Å². The summed E-state index contributed by atoms with van der Waals surface area (Å²) in [4.78, 5) is 21.5. The van der Waals surface area contributed by atoms with E-state index in [1.807, 2.05) is 43.4 Å². The molecule has 1 aliphatic heterocycles. The number of hydrogen-bond donors (Lipinski definition) is 2. The van der Waals surface area contributed by atoms with Gasteiger partial charge >= 0.3 is 6.03 Å². The van der Waals surface area contributed by atoms with Gasteiger partial charge in [-0.15, -0.1) is 0 Å². The third kappa shape index (κ3) is 10.8. The fourth-order valence-corrected chi connectivity index (χ4v) is 5.22. The highest BCUT2D eigenvalue weighted by atomic mass is 19.1. The lowest BCUT2D eigenvalue weighted by molar-refractivity contribution is 0.220. The van der Waals surface area contributed by atoms with E-state index in [4.69, 9.17) is 4.74 Å². The number of halogens is 1. The van der Waals surface area contributed by atoms with Crippen molar-refractivity contribution in [3.63, 3.8) is 0 Å². The minimum Gasteiger partial charge on any atom is -0.494 e. The van der Waals surface area contributed by atoms with Gasteiger partial charge in [-0.2, -0.15) is 0 Å². The summed E-state index contributed by atoms with van der Waals surface area (Å²) in [6.45, 7) is 6.54. The van der Waals surface area contributed by atoms with E-state index in [9.17, 15) is 9.18 Å². The first kappa shape index (κ1) is 30.5. The van der Waals surface area contributed by atoms with Crippen molar-refractivity contribution in [1.29, 1.82) is 0 Å². The summed E-state index contributed by atoms with van der Waals surface area (Å²) in [6.07, 6.45) is 7.29. The Labute approximate surface area is 244 Å². The third-order valence-corrected chi connectivity index (χ3v) is 7.52. The van der Waals surface area contributed by atoms with Crippen LogP contribution >= 0.6 is 0 Å². The predicted octanol–water partition coefficient (Wildman–Crippen LogP) is 5.43. The molecule has 0 spiro atoms. The van der Waals surface area contributed by atoms with Crippen LogP contribution in [0.2, 0.25) is 0 Å². The average molecular weight is 562 g/mol. The molecule has 0 radical (unpaired) electrons. The lowest BCUT2D eigenvalue weighted by Gasteiger charge is -2.26. The number of carbonyl (C=O) groups excluding carboxylic acids is 1. The van der Waals surface area contributed by atoms with Gasteiger partial charge in [0, 0.05) is 44.0 Å². The SMILES string of the molecule is CN(CCNC(=O)NCCCOc1cccc(CN2CCCCC2)c1)CCC(c1ccc(F)cc1)c1ccccn1. The van der Waals surface area contributed by atoms with Crippen LogP contribution in [0.1, 0.15) is 54.8 Å². The molecule has 0 saturated carbocycles. The Morgan fingerprint density at radius 3 is 2.59 bits per heavy atom. The zero-order valence-electron chi connectivity index (χ0n) is 24.2. The number of nitrogens with zero attached hydrogens (tertiary/aromatic N) is 3. The molecule has 0 aliphatic carbocycles. The molecule has 8 heteroatoms. The van der Waals surface area contributed by atoms with Gasteiger partial charge in [0.25, 0.3) is 0 Å². The van der Waals surface area contributed by atoms with E-state index in [-0.39, 0.29) is 17.8 Å². The van der Waals surface area contributed by atoms with Crippen LogP contribution in [0.25, 0.3) is 0 Å². The number of rotatable bonds is 15. The number of hydrogen-bond acceptors (Lipinski definition) is 5. The van der Waals surface area contributed by atoms with Gasteiger partial charge in [0.05, 0.1) is 6.61 Å². The van der Waals surface area contributed by atoms with Gasteiger partial charge in [-0.1, -0.05) is 36.8 Å². The van der Waals surface area contributed by atoms with Crippen molar-refractivity contribution in [2.75, 3.05) is 52.9 Å². The lowest BCUT2D eigenvalue weighted by atomic mass is 9.92. The summed E-state index contributed by atoms with van der Waals surface area (Å²) >= 11 is 0. The highest BCUT2D eigenvalue weighted by Crippen LogP contribution is 2.27. The Hall–Kier alpha value is -3.49. The number of nitrogens with one attached hydrogen (secondary N) is 2. The van der Waals surface area contributed by atoms with Crippen molar-refractivity contribution >= 4 is 6.03 Å². The van der Waals surface area contributed by atoms with Crippen LogP contribution < -0.4 is 15.4 Å². The fourth-order valence-electron chi connectivity index (χ4n) is 5.22. The van der Waals surface area contributed by atoms with Crippen molar-refractivity contribution in [1.82, 2.24) is 25.4 Å². The maximum atomic E-state index is 13.5. The number of likely N-dealkylation sites (N-methyl/N-ethyl adjacent to an activating group) is 1. The molecule has 1 saturated heterocycles. The van der Waals surface area contributed by atoms with E-state index < -0.39 is 0 Å². The van der Waals surface area contributed by atoms with E-state index >= 15 is 0 Å². The molecule has 3 aromatic rings. The number of likely N-dealkylation sites (tertiary alicyclic amines) is 1. The molecule has 2 amide bonds. The van der Waals surface area contributed by atoms with Crippen LogP contribution in [0.4, 0.5) is 9.18 Å². The number of urea groups is 1. The first-order valence-corrected chi connectivity index (χ1v) is 14.9. The Morgan fingerprint density at radius 1 is 1.00 bits per heavy atom. The summed E-state index contributed by atoms with van der Waals surface area (Å²) in [7, 11) is 2.04. The van der Waals surface area contributed by atoms with Gasteiger partial charge in [0.2, 0.25) is 0 Å². The van der Waals surface area contributed by atoms with E-state index in [2.05, 4.69) is 43.6 Å². The Morgan fingerprint density at radius 2 is 1.80 bits per heavy atom. The normalized spacial score (nSPS) is 14.5. The zero-order valence-corrected chi connectivity index (χ0v) is 24.2. The van der Waals surface area contributed by atoms with Crippen LogP contribution in [0.15, 0.2) is 72.9 Å². The smallest absolute Gasteiger partial charge is 0.314 e. The van der Waals surface area contributed by atoms with Crippen LogP contribution in [-0.4, -0.2) is 73.7 Å². The first-order valence-electron chi connectivity index (χ1n) is 14.9. The van der Waals surface area contributed by atoms with Gasteiger partial charge < -0.3 is 20.3 Å². The monoisotopic (exact) mass is 561 g/mol. The van der Waals surface area contributed by atoms with Crippen molar-refractivity contribution in [3.05, 3.63) is 95.6 Å². The molecule has 0 bridgehead atoms. The molecule has 1 aliphatic rings. The van der Waals surface area contributed by atoms with E-state index in [0.29, 0.717) is 19.7 Å². The van der Waals surface area contributed by atoms with Crippen LogP contribution in [0.3, 0.4) is 0 Å². The number of carbonyl (C=O) groups is 1. The highest BCUT2D eigenvalue weighted by Gasteiger charge is 2.16. The Kier molecular flexibility index (Phi) is 12.4. The molecule has 41 heavy (non-hydrogen) atoms. The molecule has 2 heterocycles. The van der Waals surface area contributed by atoms with Crippen molar-refractivity contribution in [3.8, 4) is 5.75 Å². The lowest BCUT2D eigenvalue weighted by Crippen LogP contribution is -2.40. The summed E-state index contributed by atoms with van der Waals surface area (Å²) in [5, 5.41) is 5.85. The Balaban J connectivity index is 1.09. The topological polar surface area (TPSA) is 69.7 Å². The number of aromatic nitrogens is 1. The molecular weight excluding hydrogens is 517 g/mol. The zero-order chi connectivity index (χ0) is 28.7. The van der Waals surface area contributed by atoms with E-state index in [1.165, 1.54) is 50.0 Å². The number of pyridine rings is 1. The fraction of sp³-hybridized carbons (Fsp3) is 0.455. The minimum absolute atomic E-state index is 0.0786. The molecular formula is C33H44FN5O2. The van der Waals surface area contributed by atoms with E-state index in [1.54, 1.807) is 6.20 Å². The highest BCUT2D eigenvalue weighted by molar-refractivity contribution is 5.73. The quantitative estimate of drug-likeness (QED) is 0.242. The maximum Gasteiger partial charge on any atom is 0.314 e. The van der Waals surface area contributed by atoms with Crippen LogP contribution in [-0.2, 0) is 6.54 Å². The second kappa shape index (κ2) is 16.7. The van der Waals surface area contributed by atoms with Crippen LogP contribution in [0.5, 0.6) is 5.75 Å². The standard InChI is InChI=1S/C33H44FN5O2/c1-38(22-16-31(32-11-3-4-17-35-32)28-12-14-29(34)15-13-28)23-19-37-33(40)36-18-8-24-41-30-10-7-9-27(25-30)26-39-20-5-2-6-21-39/h3-4,7,9-15,17,25,31H,2,5-6,8,16,18-24,26H2,1H3,(H2,36,37,40). The summed E-state index contributed by atoms with van der Waals surface area (Å²) in [5.74, 6) is 0.724. The summed E-state index contributed by atoms with van der Waals surface area (Å²) in [5.41, 5.74) is 3.30. The number of piperidine rings is 1. The molecule has 1 aromatic heterocycles. The largest absolute Gasteiger partial charge is 0.494 e. The number of benzene rings is 2. The minimum atomic E-state index is -0.240. The molecule has 1 atom stereocenters. The first-order chi connectivity index (χ1) is 20.1. The number of amides is 2. The molecule has 1 fully saturated rings. The second-order valence-corrected chi connectivity index (χ2v) is 10.8. The summed E-state index contributed by atoms with van der Waals surface area (Å²) in [6, 6.07) is 20.7. The van der Waals surface area contributed by atoms with Crippen molar-refractivity contribution in [2.24, 2.45) is 0 Å². The van der Waals surface area contributed by atoms with Gasteiger partial charge in [0.15, 0.2) is 0 Å². The van der Waals surface area contributed by atoms with Gasteiger partial charge in [-0.05, 0) is 99.9 Å². The molecule has 2 aromatic carbocycles. The molecule has 4 rings (SSSR count). The maximum absolute atomic E-state index is 13.5. The molecule has 220 valence electrons. The summed E-state index contributed by atoms with van der Waals surface area (Å²) < 4.78 is 19.4. The van der Waals surface area contributed by atoms with Crippen molar-refractivity contribution < 1.29 is 13.9 Å². The van der Waals surface area contributed by atoms with Gasteiger partial charge in [-0.25, -0.2) is 9.18 Å². The third-order valence-electron chi connectivity index (χ3n) is 7.52. The van der Waals surface area contributed by atoms with Gasteiger partial charge in [-0.3, -0.25) is 9.88 Å².